The Morgan fingerprint density at radius 1 is 1.42 bits per heavy atom. The molecule has 0 aliphatic heterocycles. The largest absolute Gasteiger partial charge is 0.507 e. The Morgan fingerprint density at radius 3 is 2.83 bits per heavy atom. The van der Waals surface area contributed by atoms with Gasteiger partial charge in [-0.1, -0.05) is 6.92 Å². The Bertz CT molecular complexity index is 737. The second-order valence-electron chi connectivity index (χ2n) is 5.45. The van der Waals surface area contributed by atoms with E-state index in [9.17, 15) is 9.90 Å². The molecule has 1 aromatic carbocycles. The van der Waals surface area contributed by atoms with Gasteiger partial charge in [-0.2, -0.15) is 10.2 Å². The van der Waals surface area contributed by atoms with E-state index >= 15 is 0 Å². The van der Waals surface area contributed by atoms with Crippen LogP contribution in [0.2, 0.25) is 0 Å². The van der Waals surface area contributed by atoms with Gasteiger partial charge in [0, 0.05) is 17.3 Å². The Morgan fingerprint density at radius 2 is 2.21 bits per heavy atom. The molecular weight excluding hydrogens is 308 g/mol. The number of aryl methyl sites for hydroxylation is 2. The number of nitrogens with zero attached hydrogens (tertiary/aromatic N) is 3. The summed E-state index contributed by atoms with van der Waals surface area (Å²) in [6, 6.07) is 6.84. The standard InChI is InChI=1S/C17H22N4O3/c1-4-7-24-15-6-5-14(16(22)9-15)10-18-19-17(23)11-21-13(3)8-12(2)20-21/h5-6,8-10,22H,4,7,11H2,1-3H3,(H,19,23)/b18-10+. The average Bonchev–Trinajstić information content (AvgIpc) is 2.84. The molecule has 0 unspecified atom stereocenters. The maximum absolute atomic E-state index is 11.9. The van der Waals surface area contributed by atoms with E-state index in [4.69, 9.17) is 4.74 Å². The number of phenols is 1. The number of carbonyl (C=O) groups excluding carboxylic acids is 1. The number of ether oxygens (including phenoxy) is 1. The SMILES string of the molecule is CCCOc1ccc(/C=N/NC(=O)Cn2nc(C)cc2C)c(O)c1. The normalized spacial score (nSPS) is 11.0. The summed E-state index contributed by atoms with van der Waals surface area (Å²) in [5, 5.41) is 18.0. The van der Waals surface area contributed by atoms with Crippen LogP contribution in [0.1, 0.15) is 30.3 Å². The summed E-state index contributed by atoms with van der Waals surface area (Å²) in [4.78, 5) is 11.9. The van der Waals surface area contributed by atoms with Gasteiger partial charge in [0.05, 0.1) is 18.5 Å². The number of hydrazone groups is 1. The number of phenolic OH excluding ortho intramolecular Hbond substituents is 1. The molecule has 1 heterocycles. The topological polar surface area (TPSA) is 88.7 Å². The fourth-order valence-corrected chi connectivity index (χ4v) is 2.12. The minimum Gasteiger partial charge on any atom is -0.507 e. The third-order valence-corrected chi connectivity index (χ3v) is 3.26. The third kappa shape index (κ3) is 4.84. The van der Waals surface area contributed by atoms with Gasteiger partial charge in [0.15, 0.2) is 0 Å². The van der Waals surface area contributed by atoms with E-state index in [1.165, 1.54) is 12.3 Å². The van der Waals surface area contributed by atoms with Gasteiger partial charge >= 0.3 is 0 Å². The van der Waals surface area contributed by atoms with Crippen molar-refractivity contribution in [3.63, 3.8) is 0 Å². The molecule has 2 aromatic rings. The van der Waals surface area contributed by atoms with Crippen LogP contribution in [0.5, 0.6) is 11.5 Å². The molecule has 0 radical (unpaired) electrons. The summed E-state index contributed by atoms with van der Waals surface area (Å²) in [5.41, 5.74) is 4.68. The van der Waals surface area contributed by atoms with Crippen molar-refractivity contribution in [2.75, 3.05) is 6.61 Å². The van der Waals surface area contributed by atoms with Crippen molar-refractivity contribution in [2.24, 2.45) is 5.10 Å². The van der Waals surface area contributed by atoms with Gasteiger partial charge in [-0.05, 0) is 38.5 Å². The number of carbonyl (C=O) groups is 1. The first kappa shape index (κ1) is 17.5. The molecule has 0 bridgehead atoms. The number of aromatic nitrogens is 2. The predicted molar refractivity (Wildman–Crippen MR) is 91.3 cm³/mol. The summed E-state index contributed by atoms with van der Waals surface area (Å²) < 4.78 is 7.04. The molecule has 1 amide bonds. The highest BCUT2D eigenvalue weighted by Crippen LogP contribution is 2.22. The second kappa shape index (κ2) is 8.14. The fraction of sp³-hybridized carbons (Fsp3) is 0.353. The Labute approximate surface area is 140 Å². The van der Waals surface area contributed by atoms with Crippen LogP contribution in [0.15, 0.2) is 29.4 Å². The van der Waals surface area contributed by atoms with Crippen molar-refractivity contribution in [3.05, 3.63) is 41.2 Å². The minimum atomic E-state index is -0.292. The zero-order chi connectivity index (χ0) is 17.5. The molecule has 7 nitrogen and oxygen atoms in total. The number of nitrogens with one attached hydrogen (secondary N) is 1. The Balaban J connectivity index is 1.91. The first-order valence-electron chi connectivity index (χ1n) is 7.78. The van der Waals surface area contributed by atoms with E-state index in [1.807, 2.05) is 26.8 Å². The predicted octanol–water partition coefficient (Wildman–Crippen LogP) is 2.14. The Hall–Kier alpha value is -2.83. The monoisotopic (exact) mass is 330 g/mol. The van der Waals surface area contributed by atoms with Crippen LogP contribution in [0.25, 0.3) is 0 Å². The van der Waals surface area contributed by atoms with E-state index in [-0.39, 0.29) is 18.2 Å². The highest BCUT2D eigenvalue weighted by Gasteiger charge is 2.06. The van der Waals surface area contributed by atoms with E-state index in [2.05, 4.69) is 15.6 Å². The van der Waals surface area contributed by atoms with E-state index in [0.717, 1.165) is 17.8 Å². The van der Waals surface area contributed by atoms with Gasteiger partial charge in [0.1, 0.15) is 18.0 Å². The zero-order valence-corrected chi connectivity index (χ0v) is 14.1. The maximum atomic E-state index is 11.9. The lowest BCUT2D eigenvalue weighted by molar-refractivity contribution is -0.121. The van der Waals surface area contributed by atoms with Crippen molar-refractivity contribution in [1.82, 2.24) is 15.2 Å². The fourth-order valence-electron chi connectivity index (χ4n) is 2.12. The van der Waals surface area contributed by atoms with Crippen LogP contribution < -0.4 is 10.2 Å². The number of hydrogen-bond acceptors (Lipinski definition) is 5. The van der Waals surface area contributed by atoms with E-state index in [0.29, 0.717) is 17.9 Å². The first-order chi connectivity index (χ1) is 11.5. The van der Waals surface area contributed by atoms with Gasteiger partial charge < -0.3 is 9.84 Å². The average molecular weight is 330 g/mol. The van der Waals surface area contributed by atoms with Gasteiger partial charge in [0.2, 0.25) is 0 Å². The summed E-state index contributed by atoms with van der Waals surface area (Å²) in [6.45, 7) is 6.45. The highest BCUT2D eigenvalue weighted by atomic mass is 16.5. The van der Waals surface area contributed by atoms with Crippen LogP contribution >= 0.6 is 0 Å². The molecule has 0 fully saturated rings. The van der Waals surface area contributed by atoms with Gasteiger partial charge in [-0.15, -0.1) is 0 Å². The van der Waals surface area contributed by atoms with Crippen molar-refractivity contribution >= 4 is 12.1 Å². The second-order valence-corrected chi connectivity index (χ2v) is 5.45. The van der Waals surface area contributed by atoms with Crippen molar-refractivity contribution < 1.29 is 14.6 Å². The number of amides is 1. The molecule has 0 saturated carbocycles. The van der Waals surface area contributed by atoms with Gasteiger partial charge in [0.25, 0.3) is 5.91 Å². The van der Waals surface area contributed by atoms with Crippen molar-refractivity contribution in [1.29, 1.82) is 0 Å². The smallest absolute Gasteiger partial charge is 0.261 e. The van der Waals surface area contributed by atoms with Crippen LogP contribution in [-0.2, 0) is 11.3 Å². The molecule has 2 rings (SSSR count). The summed E-state index contributed by atoms with van der Waals surface area (Å²) in [7, 11) is 0. The van der Waals surface area contributed by atoms with Crippen molar-refractivity contribution in [2.45, 2.75) is 33.7 Å². The molecular formula is C17H22N4O3. The van der Waals surface area contributed by atoms with E-state index in [1.54, 1.807) is 16.8 Å². The summed E-state index contributed by atoms with van der Waals surface area (Å²) in [5.74, 6) is 0.347. The van der Waals surface area contributed by atoms with Crippen LogP contribution in [-0.4, -0.2) is 33.6 Å². The number of aromatic hydroxyl groups is 1. The van der Waals surface area contributed by atoms with E-state index < -0.39 is 0 Å². The molecule has 1 aromatic heterocycles. The lowest BCUT2D eigenvalue weighted by Crippen LogP contribution is -2.24. The number of benzene rings is 1. The molecule has 0 aliphatic carbocycles. The lowest BCUT2D eigenvalue weighted by atomic mass is 10.2. The highest BCUT2D eigenvalue weighted by molar-refractivity contribution is 5.85. The maximum Gasteiger partial charge on any atom is 0.261 e. The third-order valence-electron chi connectivity index (χ3n) is 3.26. The number of rotatable bonds is 7. The van der Waals surface area contributed by atoms with Crippen LogP contribution in [0, 0.1) is 13.8 Å². The van der Waals surface area contributed by atoms with Crippen LogP contribution in [0.3, 0.4) is 0 Å². The first-order valence-corrected chi connectivity index (χ1v) is 7.78. The van der Waals surface area contributed by atoms with Crippen molar-refractivity contribution in [3.8, 4) is 11.5 Å². The molecule has 128 valence electrons. The molecule has 24 heavy (non-hydrogen) atoms. The molecule has 2 N–H and O–H groups in total. The summed E-state index contributed by atoms with van der Waals surface area (Å²) >= 11 is 0. The van der Waals surface area contributed by atoms with Crippen LogP contribution in [0.4, 0.5) is 0 Å². The summed E-state index contributed by atoms with van der Waals surface area (Å²) in [6.07, 6.45) is 2.28. The molecule has 0 atom stereocenters. The quantitative estimate of drug-likeness (QED) is 0.601. The zero-order valence-electron chi connectivity index (χ0n) is 14.1. The number of hydrogen-bond donors (Lipinski definition) is 2. The van der Waals surface area contributed by atoms with Gasteiger partial charge in [-0.3, -0.25) is 9.48 Å². The minimum absolute atomic E-state index is 0.0418. The molecule has 0 spiro atoms. The molecule has 0 saturated heterocycles. The lowest BCUT2D eigenvalue weighted by Gasteiger charge is -2.06. The molecule has 7 heteroatoms. The molecule has 0 aliphatic rings. The Kier molecular flexibility index (Phi) is 5.95. The van der Waals surface area contributed by atoms with Gasteiger partial charge in [-0.25, -0.2) is 5.43 Å².